The van der Waals surface area contributed by atoms with Crippen LogP contribution in [0.2, 0.25) is 0 Å². The van der Waals surface area contributed by atoms with Gasteiger partial charge >= 0.3 is 0 Å². The molecule has 17 heavy (non-hydrogen) atoms. The van der Waals surface area contributed by atoms with Gasteiger partial charge in [-0.15, -0.1) is 0 Å². The van der Waals surface area contributed by atoms with Crippen LogP contribution in [0.1, 0.15) is 84.5 Å². The van der Waals surface area contributed by atoms with E-state index >= 15 is 0 Å². The zero-order valence-electron chi connectivity index (χ0n) is 12.0. The lowest BCUT2D eigenvalue weighted by atomic mass is 9.91. The van der Waals surface area contributed by atoms with Crippen molar-refractivity contribution in [3.8, 4) is 0 Å². The summed E-state index contributed by atoms with van der Waals surface area (Å²) in [7, 11) is 0. The van der Waals surface area contributed by atoms with Crippen molar-refractivity contribution >= 4 is 0 Å². The molecule has 0 fully saturated rings. The maximum Gasteiger partial charge on any atom is 0.102 e. The fourth-order valence-electron chi connectivity index (χ4n) is 2.44. The molecule has 0 spiro atoms. The maximum atomic E-state index is 9.31. The van der Waals surface area contributed by atoms with Crippen LogP contribution >= 0.6 is 0 Å². The first-order chi connectivity index (χ1) is 8.20. The molecule has 0 aliphatic carbocycles. The zero-order chi connectivity index (χ0) is 12.9. The monoisotopic (exact) mass is 243 g/mol. The highest BCUT2D eigenvalue weighted by Crippen LogP contribution is 2.22. The van der Waals surface area contributed by atoms with Gasteiger partial charge in [-0.05, 0) is 12.3 Å². The van der Waals surface area contributed by atoms with Gasteiger partial charge in [0.25, 0.3) is 0 Å². The van der Waals surface area contributed by atoms with E-state index in [1.807, 2.05) is 0 Å². The summed E-state index contributed by atoms with van der Waals surface area (Å²) in [5.41, 5.74) is 5.51. The molecule has 0 aromatic rings. The van der Waals surface area contributed by atoms with Crippen LogP contribution in [0.5, 0.6) is 0 Å². The predicted octanol–water partition coefficient (Wildman–Crippen LogP) is 4.21. The highest BCUT2D eigenvalue weighted by atomic mass is 16.3. The molecule has 0 rings (SSSR count). The largest absolute Gasteiger partial charge is 0.379 e. The molecule has 2 heteroatoms. The average molecular weight is 243 g/mol. The predicted molar refractivity (Wildman–Crippen MR) is 75.8 cm³/mol. The molecule has 0 saturated heterocycles. The van der Waals surface area contributed by atoms with E-state index in [-0.39, 0.29) is 0 Å². The summed E-state index contributed by atoms with van der Waals surface area (Å²) in [6.45, 7) is 4.48. The number of hydrogen-bond donors (Lipinski definition) is 2. The van der Waals surface area contributed by atoms with Gasteiger partial charge in [0.05, 0.1) is 0 Å². The van der Waals surface area contributed by atoms with Crippen LogP contribution in [0.3, 0.4) is 0 Å². The molecule has 2 nitrogen and oxygen atoms in total. The first-order valence-electron chi connectivity index (χ1n) is 7.64. The summed E-state index contributed by atoms with van der Waals surface area (Å²) in [6.07, 6.45) is 13.2. The number of aliphatic hydroxyl groups is 1. The summed E-state index contributed by atoms with van der Waals surface area (Å²) in [5, 5.41) is 9.31. The van der Waals surface area contributed by atoms with Crippen LogP contribution in [-0.2, 0) is 0 Å². The van der Waals surface area contributed by atoms with E-state index in [2.05, 4.69) is 13.8 Å². The minimum atomic E-state index is -0.614. The molecule has 3 N–H and O–H groups in total. The molecule has 0 aromatic heterocycles. The Kier molecular flexibility index (Phi) is 12.3. The summed E-state index contributed by atoms with van der Waals surface area (Å²) in [6, 6.07) is 0. The third-order valence-corrected chi connectivity index (χ3v) is 3.51. The van der Waals surface area contributed by atoms with Crippen LogP contribution < -0.4 is 5.73 Å². The van der Waals surface area contributed by atoms with Crippen molar-refractivity contribution in [2.75, 3.05) is 0 Å². The number of aliphatic hydroxyl groups excluding tert-OH is 1. The lowest BCUT2D eigenvalue weighted by molar-refractivity contribution is 0.141. The molecule has 0 radical (unpaired) electrons. The normalized spacial score (nSPS) is 13.2. The Balaban J connectivity index is 3.64. The van der Waals surface area contributed by atoms with Crippen molar-refractivity contribution in [1.29, 1.82) is 0 Å². The van der Waals surface area contributed by atoms with E-state index in [0.717, 1.165) is 6.42 Å². The molecule has 1 unspecified atom stereocenters. The number of rotatable bonds is 12. The van der Waals surface area contributed by atoms with Gasteiger partial charge in [-0.1, -0.05) is 78.1 Å². The third-order valence-electron chi connectivity index (χ3n) is 3.51. The van der Waals surface area contributed by atoms with Gasteiger partial charge in [-0.25, -0.2) is 0 Å². The van der Waals surface area contributed by atoms with Crippen molar-refractivity contribution in [3.63, 3.8) is 0 Å². The Labute approximate surface area is 108 Å². The zero-order valence-corrected chi connectivity index (χ0v) is 12.0. The molecular weight excluding hydrogens is 210 g/mol. The van der Waals surface area contributed by atoms with Crippen molar-refractivity contribution in [1.82, 2.24) is 0 Å². The number of nitrogens with two attached hydrogens (primary N) is 1. The Hall–Kier alpha value is -0.0800. The van der Waals surface area contributed by atoms with Crippen molar-refractivity contribution in [3.05, 3.63) is 0 Å². The van der Waals surface area contributed by atoms with Gasteiger partial charge in [-0.2, -0.15) is 0 Å². The molecule has 104 valence electrons. The lowest BCUT2D eigenvalue weighted by Crippen LogP contribution is -2.22. The van der Waals surface area contributed by atoms with E-state index < -0.39 is 6.23 Å². The molecule has 0 bridgehead atoms. The van der Waals surface area contributed by atoms with Crippen LogP contribution in [0.25, 0.3) is 0 Å². The van der Waals surface area contributed by atoms with Crippen LogP contribution in [0, 0.1) is 5.92 Å². The molecule has 0 heterocycles. The smallest absolute Gasteiger partial charge is 0.102 e. The molecular formula is C15H33NO. The topological polar surface area (TPSA) is 46.2 Å². The third kappa shape index (κ3) is 12.2. The number of unbranched alkanes of at least 4 members (excludes halogenated alkanes) is 6. The van der Waals surface area contributed by atoms with Gasteiger partial charge in [0.15, 0.2) is 0 Å². The molecule has 0 aromatic carbocycles. The van der Waals surface area contributed by atoms with Gasteiger partial charge < -0.3 is 10.8 Å². The summed E-state index contributed by atoms with van der Waals surface area (Å²) >= 11 is 0. The van der Waals surface area contributed by atoms with Gasteiger partial charge in [0, 0.05) is 0 Å². The lowest BCUT2D eigenvalue weighted by Gasteiger charge is -2.18. The fourth-order valence-corrected chi connectivity index (χ4v) is 2.44. The quantitative estimate of drug-likeness (QED) is 0.398. The van der Waals surface area contributed by atoms with E-state index in [9.17, 15) is 5.11 Å². The second kappa shape index (κ2) is 12.4. The van der Waals surface area contributed by atoms with Crippen molar-refractivity contribution in [2.45, 2.75) is 90.7 Å². The maximum absolute atomic E-state index is 9.31. The second-order valence-corrected chi connectivity index (χ2v) is 5.37. The van der Waals surface area contributed by atoms with Gasteiger partial charge in [0.2, 0.25) is 0 Å². The van der Waals surface area contributed by atoms with Crippen LogP contribution in [0.4, 0.5) is 0 Å². The SMILES string of the molecule is CCCCCCC(CCCCCC)CC(N)O. The number of hydrogen-bond acceptors (Lipinski definition) is 2. The van der Waals surface area contributed by atoms with Crippen LogP contribution in [-0.4, -0.2) is 11.3 Å². The van der Waals surface area contributed by atoms with Crippen molar-refractivity contribution in [2.24, 2.45) is 11.7 Å². The average Bonchev–Trinajstić information content (AvgIpc) is 2.29. The van der Waals surface area contributed by atoms with E-state index in [4.69, 9.17) is 5.73 Å². The Bertz CT molecular complexity index is 136. The Morgan fingerprint density at radius 1 is 0.824 bits per heavy atom. The van der Waals surface area contributed by atoms with E-state index in [1.165, 1.54) is 64.2 Å². The van der Waals surface area contributed by atoms with Crippen molar-refractivity contribution < 1.29 is 5.11 Å². The molecule has 0 aliphatic rings. The first-order valence-corrected chi connectivity index (χ1v) is 7.64. The van der Waals surface area contributed by atoms with E-state index in [1.54, 1.807) is 0 Å². The first kappa shape index (κ1) is 16.9. The summed E-state index contributed by atoms with van der Waals surface area (Å²) in [4.78, 5) is 0. The second-order valence-electron chi connectivity index (χ2n) is 5.37. The molecule has 0 amide bonds. The van der Waals surface area contributed by atoms with E-state index in [0.29, 0.717) is 5.92 Å². The Morgan fingerprint density at radius 3 is 1.65 bits per heavy atom. The molecule has 1 atom stereocenters. The highest BCUT2D eigenvalue weighted by Gasteiger charge is 2.11. The summed E-state index contributed by atoms with van der Waals surface area (Å²) in [5.74, 6) is 0.642. The minimum absolute atomic E-state index is 0.614. The minimum Gasteiger partial charge on any atom is -0.379 e. The van der Waals surface area contributed by atoms with Crippen LogP contribution in [0.15, 0.2) is 0 Å². The molecule has 0 saturated carbocycles. The van der Waals surface area contributed by atoms with Gasteiger partial charge in [-0.3, -0.25) is 0 Å². The standard InChI is InChI=1S/C15H33NO/c1-3-5-7-9-11-14(13-15(16)17)12-10-8-6-4-2/h14-15,17H,3-13,16H2,1-2H3. The Morgan fingerprint density at radius 2 is 1.29 bits per heavy atom. The highest BCUT2D eigenvalue weighted by molar-refractivity contribution is 4.63. The summed E-state index contributed by atoms with van der Waals surface area (Å²) < 4.78 is 0. The fraction of sp³-hybridized carbons (Fsp3) is 1.00. The van der Waals surface area contributed by atoms with Gasteiger partial charge in [0.1, 0.15) is 6.23 Å². The molecule has 0 aliphatic heterocycles.